The molecule has 3 rings (SSSR count). The van der Waals surface area contributed by atoms with E-state index in [-0.39, 0.29) is 12.1 Å². The van der Waals surface area contributed by atoms with Crippen LogP contribution in [0.4, 0.5) is 18.9 Å². The predicted octanol–water partition coefficient (Wildman–Crippen LogP) is 2.54. The maximum atomic E-state index is 12.6. The number of alkyl halides is 3. The number of hydrogen-bond donors (Lipinski definition) is 2. The van der Waals surface area contributed by atoms with Gasteiger partial charge in [0.05, 0.1) is 11.4 Å². The van der Waals surface area contributed by atoms with Crippen molar-refractivity contribution >= 4 is 16.7 Å². The molecule has 21 heavy (non-hydrogen) atoms. The van der Waals surface area contributed by atoms with Gasteiger partial charge in [0.2, 0.25) is 0 Å². The van der Waals surface area contributed by atoms with Crippen LogP contribution in [-0.4, -0.2) is 20.2 Å². The average Bonchev–Trinajstić information content (AvgIpc) is 2.83. The summed E-state index contributed by atoms with van der Waals surface area (Å²) in [6, 6.07) is 5.39. The summed E-state index contributed by atoms with van der Waals surface area (Å²) >= 11 is 0. The highest BCUT2D eigenvalue weighted by molar-refractivity contribution is 5.87. The molecule has 3 heterocycles. The number of nitrogen functional groups attached to an aromatic ring is 1. The first-order chi connectivity index (χ1) is 9.95. The molecule has 0 aliphatic carbocycles. The maximum Gasteiger partial charge on any atom is 0.433 e. The van der Waals surface area contributed by atoms with Crippen molar-refractivity contribution in [2.24, 2.45) is 0 Å². The van der Waals surface area contributed by atoms with E-state index < -0.39 is 11.9 Å². The minimum absolute atomic E-state index is 0.164. The van der Waals surface area contributed by atoms with Crippen molar-refractivity contribution in [3.63, 3.8) is 0 Å². The molecule has 0 unspecified atom stereocenters. The zero-order valence-corrected chi connectivity index (χ0v) is 10.6. The lowest BCUT2D eigenvalue weighted by Gasteiger charge is -2.07. The molecule has 0 bridgehead atoms. The second-order valence-corrected chi connectivity index (χ2v) is 4.49. The van der Waals surface area contributed by atoms with Crippen LogP contribution in [-0.2, 0) is 12.6 Å². The number of halogens is 3. The fourth-order valence-electron chi connectivity index (χ4n) is 2.02. The van der Waals surface area contributed by atoms with Crippen LogP contribution in [0.2, 0.25) is 0 Å². The minimum atomic E-state index is -4.46. The lowest BCUT2D eigenvalue weighted by Crippen LogP contribution is -2.09. The molecule has 0 radical (unpaired) electrons. The number of H-pyrrole nitrogens is 1. The number of aromatic nitrogens is 4. The van der Waals surface area contributed by atoms with Crippen LogP contribution < -0.4 is 5.73 Å². The highest BCUT2D eigenvalue weighted by atomic mass is 19.4. The van der Waals surface area contributed by atoms with Gasteiger partial charge >= 0.3 is 6.18 Å². The first-order valence-corrected chi connectivity index (χ1v) is 6.05. The Hall–Kier alpha value is -2.64. The number of hydrogen-bond acceptors (Lipinski definition) is 4. The molecule has 3 aromatic rings. The van der Waals surface area contributed by atoms with Crippen molar-refractivity contribution < 1.29 is 13.2 Å². The maximum absolute atomic E-state index is 12.6. The number of aromatic amines is 1. The van der Waals surface area contributed by atoms with Crippen LogP contribution in [0.15, 0.2) is 30.5 Å². The number of nitrogens with one attached hydrogen (secondary N) is 1. The third-order valence-corrected chi connectivity index (χ3v) is 3.00. The summed E-state index contributed by atoms with van der Waals surface area (Å²) < 4.78 is 37.9. The number of rotatable bonds is 2. The van der Waals surface area contributed by atoms with Crippen molar-refractivity contribution in [1.29, 1.82) is 0 Å². The lowest BCUT2D eigenvalue weighted by atomic mass is 10.1. The van der Waals surface area contributed by atoms with Crippen LogP contribution in [0.1, 0.15) is 17.1 Å². The zero-order chi connectivity index (χ0) is 15.0. The van der Waals surface area contributed by atoms with E-state index >= 15 is 0 Å². The summed E-state index contributed by atoms with van der Waals surface area (Å²) in [5.74, 6) is 0. The van der Waals surface area contributed by atoms with Gasteiger partial charge in [0.25, 0.3) is 0 Å². The molecule has 5 nitrogen and oxygen atoms in total. The summed E-state index contributed by atoms with van der Waals surface area (Å²) in [7, 11) is 0. The fraction of sp³-hybridized carbons (Fsp3) is 0.154. The second kappa shape index (κ2) is 4.72. The van der Waals surface area contributed by atoms with Crippen LogP contribution >= 0.6 is 0 Å². The molecule has 3 N–H and O–H groups in total. The number of nitrogens with two attached hydrogens (primary N) is 1. The standard InChI is InChI=1S/C13H10F3N5/c14-13(15,16)10-3-1-2-7(19-10)6-9-12-11(21-20-9)8(17)4-5-18-12/h1-5H,6H2,(H2,17,18)(H,20,21). The van der Waals surface area contributed by atoms with E-state index in [9.17, 15) is 13.2 Å². The Morgan fingerprint density at radius 3 is 2.71 bits per heavy atom. The van der Waals surface area contributed by atoms with Gasteiger partial charge in [-0.05, 0) is 18.2 Å². The molecular weight excluding hydrogens is 283 g/mol. The smallest absolute Gasteiger partial charge is 0.397 e. The normalized spacial score (nSPS) is 12.0. The zero-order valence-electron chi connectivity index (χ0n) is 10.6. The predicted molar refractivity (Wildman–Crippen MR) is 70.3 cm³/mol. The van der Waals surface area contributed by atoms with Crippen LogP contribution in [0, 0.1) is 0 Å². The minimum Gasteiger partial charge on any atom is -0.397 e. The van der Waals surface area contributed by atoms with E-state index in [1.807, 2.05) is 0 Å². The van der Waals surface area contributed by atoms with E-state index in [4.69, 9.17) is 5.73 Å². The van der Waals surface area contributed by atoms with E-state index in [1.165, 1.54) is 18.3 Å². The fourth-order valence-corrected chi connectivity index (χ4v) is 2.02. The Bertz CT molecular complexity index is 794. The molecule has 0 saturated heterocycles. The number of fused-ring (bicyclic) bond motifs is 1. The summed E-state index contributed by atoms with van der Waals surface area (Å²) in [4.78, 5) is 7.76. The SMILES string of the molecule is Nc1ccnc2c(Cc3cccc(C(F)(F)F)n3)[nH]nc12. The van der Waals surface area contributed by atoms with Gasteiger partial charge in [-0.25, -0.2) is 4.98 Å². The van der Waals surface area contributed by atoms with Crippen molar-refractivity contribution in [3.8, 4) is 0 Å². The molecule has 0 amide bonds. The van der Waals surface area contributed by atoms with Gasteiger partial charge in [0, 0.05) is 18.3 Å². The summed E-state index contributed by atoms with van der Waals surface area (Å²) in [5, 5.41) is 6.77. The van der Waals surface area contributed by atoms with Crippen molar-refractivity contribution in [2.45, 2.75) is 12.6 Å². The molecular formula is C13H10F3N5. The highest BCUT2D eigenvalue weighted by Crippen LogP contribution is 2.28. The van der Waals surface area contributed by atoms with Crippen molar-refractivity contribution in [3.05, 3.63) is 47.5 Å². The quantitative estimate of drug-likeness (QED) is 0.761. The van der Waals surface area contributed by atoms with Gasteiger partial charge in [-0.15, -0.1) is 0 Å². The first kappa shape index (κ1) is 13.3. The Kier molecular flexibility index (Phi) is 3.00. The van der Waals surface area contributed by atoms with Gasteiger partial charge < -0.3 is 5.73 Å². The molecule has 0 atom stereocenters. The number of nitrogens with zero attached hydrogens (tertiary/aromatic N) is 3. The molecule has 3 aromatic heterocycles. The molecule has 0 spiro atoms. The number of anilines is 1. The Labute approximate surface area is 117 Å². The van der Waals surface area contributed by atoms with E-state index in [2.05, 4.69) is 20.2 Å². The topological polar surface area (TPSA) is 80.5 Å². The third-order valence-electron chi connectivity index (χ3n) is 3.00. The van der Waals surface area contributed by atoms with Crippen molar-refractivity contribution in [1.82, 2.24) is 20.2 Å². The lowest BCUT2D eigenvalue weighted by molar-refractivity contribution is -0.141. The summed E-state index contributed by atoms with van der Waals surface area (Å²) in [6.45, 7) is 0. The molecule has 108 valence electrons. The van der Waals surface area contributed by atoms with Gasteiger partial charge in [-0.1, -0.05) is 6.07 Å². The molecule has 0 saturated carbocycles. The third kappa shape index (κ3) is 2.51. The van der Waals surface area contributed by atoms with Gasteiger partial charge in [0.15, 0.2) is 0 Å². The number of pyridine rings is 2. The van der Waals surface area contributed by atoms with Crippen LogP contribution in [0.25, 0.3) is 11.0 Å². The Balaban J connectivity index is 1.98. The van der Waals surface area contributed by atoms with Gasteiger partial charge in [-0.2, -0.15) is 18.3 Å². The molecule has 0 aromatic carbocycles. The average molecular weight is 293 g/mol. The Morgan fingerprint density at radius 2 is 1.95 bits per heavy atom. The summed E-state index contributed by atoms with van der Waals surface area (Å²) in [5.41, 5.74) is 7.18. The molecule has 0 aliphatic rings. The molecule has 0 fully saturated rings. The van der Waals surface area contributed by atoms with Gasteiger partial charge in [0.1, 0.15) is 16.7 Å². The molecule has 0 aliphatic heterocycles. The second-order valence-electron chi connectivity index (χ2n) is 4.49. The van der Waals surface area contributed by atoms with Crippen LogP contribution in [0.3, 0.4) is 0 Å². The Morgan fingerprint density at radius 1 is 1.14 bits per heavy atom. The van der Waals surface area contributed by atoms with Crippen molar-refractivity contribution in [2.75, 3.05) is 5.73 Å². The highest BCUT2D eigenvalue weighted by Gasteiger charge is 2.32. The molecule has 8 heteroatoms. The van der Waals surface area contributed by atoms with E-state index in [0.29, 0.717) is 22.4 Å². The first-order valence-electron chi connectivity index (χ1n) is 6.05. The van der Waals surface area contributed by atoms with Crippen LogP contribution in [0.5, 0.6) is 0 Å². The van der Waals surface area contributed by atoms with E-state index in [1.54, 1.807) is 6.07 Å². The largest absolute Gasteiger partial charge is 0.433 e. The van der Waals surface area contributed by atoms with E-state index in [0.717, 1.165) is 6.07 Å². The monoisotopic (exact) mass is 293 g/mol. The summed E-state index contributed by atoms with van der Waals surface area (Å²) in [6.07, 6.45) is -2.78. The van der Waals surface area contributed by atoms with Gasteiger partial charge in [-0.3, -0.25) is 10.1 Å².